The fraction of sp³-hybridized carbons (Fsp3) is 0.800. The maximum absolute atomic E-state index is 11.1. The lowest BCUT2D eigenvalue weighted by molar-refractivity contribution is -0.136. The van der Waals surface area contributed by atoms with E-state index in [1.54, 1.807) is 0 Å². The molecule has 0 aliphatic carbocycles. The molecule has 0 aromatic heterocycles. The number of rotatable bonds is 5. The zero-order valence-electron chi connectivity index (χ0n) is 9.59. The summed E-state index contributed by atoms with van der Waals surface area (Å²) in [7, 11) is 0. The molecule has 88 valence electrons. The Kier molecular flexibility index (Phi) is 5.74. The highest BCUT2D eigenvalue weighted by atomic mass is 16.4. The predicted octanol–water partition coefficient (Wildman–Crippen LogP) is 1.20. The van der Waals surface area contributed by atoms with Crippen molar-refractivity contribution in [3.8, 4) is 0 Å². The van der Waals surface area contributed by atoms with E-state index in [2.05, 4.69) is 31.4 Å². The van der Waals surface area contributed by atoms with Gasteiger partial charge in [-0.05, 0) is 11.8 Å². The maximum Gasteiger partial charge on any atom is 0.314 e. The molecule has 0 radical (unpaired) electrons. The van der Waals surface area contributed by atoms with E-state index in [4.69, 9.17) is 5.11 Å². The van der Waals surface area contributed by atoms with E-state index in [-0.39, 0.29) is 24.4 Å². The Labute approximate surface area is 90.2 Å². The molecule has 0 aliphatic rings. The smallest absolute Gasteiger partial charge is 0.314 e. The molecule has 0 rings (SSSR count). The molecule has 0 saturated carbocycles. The molecule has 0 aliphatic heterocycles. The molecule has 0 saturated heterocycles. The van der Waals surface area contributed by atoms with E-state index in [0.29, 0.717) is 6.54 Å². The van der Waals surface area contributed by atoms with Crippen LogP contribution in [0.2, 0.25) is 0 Å². The van der Waals surface area contributed by atoms with Crippen LogP contribution >= 0.6 is 0 Å². The van der Waals surface area contributed by atoms with E-state index in [0.717, 1.165) is 6.42 Å². The minimum atomic E-state index is -0.912. The van der Waals surface area contributed by atoms with Gasteiger partial charge < -0.3 is 15.7 Å². The Hall–Kier alpha value is -1.26. The third kappa shape index (κ3) is 10.7. The fourth-order valence-electron chi connectivity index (χ4n) is 0.896. The molecule has 0 fully saturated rings. The first-order valence-corrected chi connectivity index (χ1v) is 5.05. The van der Waals surface area contributed by atoms with Gasteiger partial charge in [0.15, 0.2) is 0 Å². The van der Waals surface area contributed by atoms with E-state index in [9.17, 15) is 9.59 Å². The summed E-state index contributed by atoms with van der Waals surface area (Å²) in [6.07, 6.45) is 0.839. The van der Waals surface area contributed by atoms with Crippen LogP contribution in [0.1, 0.15) is 33.6 Å². The second-order valence-electron chi connectivity index (χ2n) is 4.64. The molecule has 0 aromatic rings. The molecule has 5 nitrogen and oxygen atoms in total. The lowest BCUT2D eigenvalue weighted by Gasteiger charge is -2.18. The largest absolute Gasteiger partial charge is 0.481 e. The number of nitrogens with one attached hydrogen (secondary N) is 2. The lowest BCUT2D eigenvalue weighted by Crippen LogP contribution is -2.37. The van der Waals surface area contributed by atoms with Crippen molar-refractivity contribution in [2.75, 3.05) is 13.1 Å². The first-order chi connectivity index (χ1) is 6.81. The summed E-state index contributed by atoms with van der Waals surface area (Å²) < 4.78 is 0. The van der Waals surface area contributed by atoms with Gasteiger partial charge in [0.05, 0.1) is 6.42 Å². The minimum Gasteiger partial charge on any atom is -0.481 e. The van der Waals surface area contributed by atoms with Gasteiger partial charge >= 0.3 is 12.0 Å². The highest BCUT2D eigenvalue weighted by molar-refractivity contribution is 5.74. The number of carboxylic acids is 1. The lowest BCUT2D eigenvalue weighted by atomic mass is 9.92. The van der Waals surface area contributed by atoms with Crippen LogP contribution in [0.3, 0.4) is 0 Å². The Morgan fingerprint density at radius 3 is 2.13 bits per heavy atom. The summed E-state index contributed by atoms with van der Waals surface area (Å²) >= 11 is 0. The molecule has 0 heterocycles. The number of carbonyl (C=O) groups excluding carboxylic acids is 1. The second kappa shape index (κ2) is 6.27. The minimum absolute atomic E-state index is 0.0489. The van der Waals surface area contributed by atoms with Crippen molar-refractivity contribution in [3.63, 3.8) is 0 Å². The summed E-state index contributed by atoms with van der Waals surface area (Å²) in [6.45, 7) is 7.05. The average molecular weight is 216 g/mol. The number of aliphatic carboxylic acids is 1. The van der Waals surface area contributed by atoms with Crippen molar-refractivity contribution < 1.29 is 14.7 Å². The Balaban J connectivity index is 3.46. The van der Waals surface area contributed by atoms with Crippen LogP contribution in [-0.2, 0) is 4.79 Å². The standard InChI is InChI=1S/C10H20N2O3/c1-10(2,3)5-7-12-9(15)11-6-4-8(13)14/h4-7H2,1-3H3,(H,13,14)(H2,11,12,15). The third-order valence-corrected chi connectivity index (χ3v) is 1.78. The summed E-state index contributed by atoms with van der Waals surface area (Å²) in [5, 5.41) is 13.5. The van der Waals surface area contributed by atoms with Gasteiger partial charge in [-0.15, -0.1) is 0 Å². The van der Waals surface area contributed by atoms with Gasteiger partial charge in [-0.3, -0.25) is 4.79 Å². The van der Waals surface area contributed by atoms with E-state index < -0.39 is 5.97 Å². The molecule has 0 bridgehead atoms. The molecule has 15 heavy (non-hydrogen) atoms. The quantitative estimate of drug-likeness (QED) is 0.646. The molecular weight excluding hydrogens is 196 g/mol. The number of carbonyl (C=O) groups is 2. The van der Waals surface area contributed by atoms with Gasteiger partial charge in [-0.1, -0.05) is 20.8 Å². The molecule has 0 spiro atoms. The Bertz CT molecular complexity index is 221. The van der Waals surface area contributed by atoms with Crippen LogP contribution in [-0.4, -0.2) is 30.2 Å². The van der Waals surface area contributed by atoms with Crippen LogP contribution in [0.4, 0.5) is 4.79 Å². The first-order valence-electron chi connectivity index (χ1n) is 5.05. The van der Waals surface area contributed by atoms with Gasteiger partial charge in [-0.25, -0.2) is 4.79 Å². The van der Waals surface area contributed by atoms with Crippen LogP contribution < -0.4 is 10.6 Å². The fourth-order valence-corrected chi connectivity index (χ4v) is 0.896. The molecular formula is C10H20N2O3. The molecule has 0 atom stereocenters. The van der Waals surface area contributed by atoms with Crippen molar-refractivity contribution in [1.29, 1.82) is 0 Å². The van der Waals surface area contributed by atoms with Crippen LogP contribution in [0, 0.1) is 5.41 Å². The number of hydrogen-bond donors (Lipinski definition) is 3. The average Bonchev–Trinajstić information content (AvgIpc) is 2.00. The number of amides is 2. The summed E-state index contributed by atoms with van der Waals surface area (Å²) in [5.74, 6) is -0.912. The highest BCUT2D eigenvalue weighted by Gasteiger charge is 2.10. The molecule has 0 aromatic carbocycles. The second-order valence-corrected chi connectivity index (χ2v) is 4.64. The molecule has 2 amide bonds. The summed E-state index contributed by atoms with van der Waals surface area (Å²) in [6, 6.07) is -0.305. The van der Waals surface area contributed by atoms with Crippen molar-refractivity contribution in [2.45, 2.75) is 33.6 Å². The first kappa shape index (κ1) is 13.7. The van der Waals surface area contributed by atoms with Crippen molar-refractivity contribution in [2.24, 2.45) is 5.41 Å². The van der Waals surface area contributed by atoms with Crippen molar-refractivity contribution in [1.82, 2.24) is 10.6 Å². The summed E-state index contributed by atoms with van der Waals surface area (Å²) in [4.78, 5) is 21.2. The van der Waals surface area contributed by atoms with Gasteiger partial charge in [0, 0.05) is 13.1 Å². The van der Waals surface area contributed by atoms with Gasteiger partial charge in [0.25, 0.3) is 0 Å². The maximum atomic E-state index is 11.1. The summed E-state index contributed by atoms with van der Waals surface area (Å²) in [5.41, 5.74) is 0.189. The van der Waals surface area contributed by atoms with E-state index in [1.807, 2.05) is 0 Å². The number of carboxylic acid groups (broad SMARTS) is 1. The Morgan fingerprint density at radius 2 is 1.67 bits per heavy atom. The van der Waals surface area contributed by atoms with E-state index in [1.165, 1.54) is 0 Å². The number of urea groups is 1. The van der Waals surface area contributed by atoms with Crippen molar-refractivity contribution in [3.05, 3.63) is 0 Å². The zero-order chi connectivity index (χ0) is 11.9. The van der Waals surface area contributed by atoms with Crippen LogP contribution in [0.15, 0.2) is 0 Å². The topological polar surface area (TPSA) is 78.4 Å². The van der Waals surface area contributed by atoms with Gasteiger partial charge in [-0.2, -0.15) is 0 Å². The SMILES string of the molecule is CC(C)(C)CCNC(=O)NCCC(=O)O. The number of hydrogen-bond acceptors (Lipinski definition) is 2. The van der Waals surface area contributed by atoms with Crippen LogP contribution in [0.25, 0.3) is 0 Å². The van der Waals surface area contributed by atoms with E-state index >= 15 is 0 Å². The zero-order valence-corrected chi connectivity index (χ0v) is 9.59. The Morgan fingerprint density at radius 1 is 1.13 bits per heavy atom. The molecule has 0 unspecified atom stereocenters. The highest BCUT2D eigenvalue weighted by Crippen LogP contribution is 2.16. The van der Waals surface area contributed by atoms with Crippen LogP contribution in [0.5, 0.6) is 0 Å². The molecule has 3 N–H and O–H groups in total. The van der Waals surface area contributed by atoms with Crippen molar-refractivity contribution >= 4 is 12.0 Å². The normalized spacial score (nSPS) is 10.9. The van der Waals surface area contributed by atoms with Gasteiger partial charge in [0.2, 0.25) is 0 Å². The third-order valence-electron chi connectivity index (χ3n) is 1.78. The van der Waals surface area contributed by atoms with Gasteiger partial charge in [0.1, 0.15) is 0 Å². The molecule has 5 heteroatoms. The monoisotopic (exact) mass is 216 g/mol. The predicted molar refractivity (Wildman–Crippen MR) is 57.7 cm³/mol.